The molecule has 0 aliphatic rings. The van der Waals surface area contributed by atoms with Gasteiger partial charge in [0.2, 0.25) is 0 Å². The highest BCUT2D eigenvalue weighted by molar-refractivity contribution is 7.11. The maximum Gasteiger partial charge on any atom is 0.313 e. The zero-order valence-electron chi connectivity index (χ0n) is 12.8. The van der Waals surface area contributed by atoms with Gasteiger partial charge in [-0.3, -0.25) is 9.59 Å². The first-order valence-corrected chi connectivity index (χ1v) is 7.73. The fourth-order valence-electron chi connectivity index (χ4n) is 1.81. The van der Waals surface area contributed by atoms with E-state index in [0.29, 0.717) is 18.7 Å². The number of amides is 2. The van der Waals surface area contributed by atoms with Crippen LogP contribution in [-0.4, -0.2) is 28.6 Å². The normalized spacial score (nSPS) is 10.3. The van der Waals surface area contributed by atoms with Crippen LogP contribution in [0.5, 0.6) is 0 Å². The third-order valence-electron chi connectivity index (χ3n) is 3.16. The van der Waals surface area contributed by atoms with E-state index in [-0.39, 0.29) is 0 Å². The quantitative estimate of drug-likeness (QED) is 0.841. The molecule has 0 saturated carbocycles. The summed E-state index contributed by atoms with van der Waals surface area (Å²) in [6.07, 6.45) is 0.564. The number of nitrogens with one attached hydrogen (secondary N) is 2. The Bertz CT molecular complexity index is 697. The first-order chi connectivity index (χ1) is 10.5. The summed E-state index contributed by atoms with van der Waals surface area (Å²) in [5, 5.41) is 14.7. The summed E-state index contributed by atoms with van der Waals surface area (Å²) in [7, 11) is 0. The van der Waals surface area contributed by atoms with Crippen molar-refractivity contribution in [1.82, 2.24) is 15.5 Å². The van der Waals surface area contributed by atoms with E-state index in [1.54, 1.807) is 6.07 Å². The number of benzene rings is 1. The third kappa shape index (κ3) is 4.36. The van der Waals surface area contributed by atoms with Crippen molar-refractivity contribution in [3.63, 3.8) is 0 Å². The SMILES string of the molecule is Cc1nnc(CCNC(=O)C(=O)Nc2ccc(C)c(C)c2)s1. The van der Waals surface area contributed by atoms with Crippen LogP contribution in [0.4, 0.5) is 5.69 Å². The summed E-state index contributed by atoms with van der Waals surface area (Å²) in [6.45, 7) is 6.17. The van der Waals surface area contributed by atoms with Gasteiger partial charge in [0.15, 0.2) is 0 Å². The average molecular weight is 318 g/mol. The Labute approximate surface area is 133 Å². The molecule has 0 aliphatic carbocycles. The van der Waals surface area contributed by atoms with Gasteiger partial charge in [-0.25, -0.2) is 0 Å². The standard InChI is InChI=1S/C15H18N4O2S/c1-9-4-5-12(8-10(9)2)17-15(21)14(20)16-7-6-13-19-18-11(3)22-13/h4-5,8H,6-7H2,1-3H3,(H,16,20)(H,17,21). The number of hydrogen-bond donors (Lipinski definition) is 2. The van der Waals surface area contributed by atoms with Crippen molar-refractivity contribution >= 4 is 28.8 Å². The Morgan fingerprint density at radius 1 is 1.09 bits per heavy atom. The number of carbonyl (C=O) groups excluding carboxylic acids is 2. The monoisotopic (exact) mass is 318 g/mol. The summed E-state index contributed by atoms with van der Waals surface area (Å²) in [4.78, 5) is 23.5. The lowest BCUT2D eigenvalue weighted by molar-refractivity contribution is -0.136. The summed E-state index contributed by atoms with van der Waals surface area (Å²) in [5.41, 5.74) is 2.81. The summed E-state index contributed by atoms with van der Waals surface area (Å²) >= 11 is 1.48. The molecule has 0 fully saturated rings. The second-order valence-electron chi connectivity index (χ2n) is 4.97. The minimum absolute atomic E-state index is 0.355. The first kappa shape index (κ1) is 16.1. The average Bonchev–Trinajstić information content (AvgIpc) is 2.88. The van der Waals surface area contributed by atoms with Gasteiger partial charge in [0.1, 0.15) is 10.0 Å². The van der Waals surface area contributed by atoms with Gasteiger partial charge >= 0.3 is 11.8 Å². The Kier molecular flexibility index (Phi) is 5.21. The van der Waals surface area contributed by atoms with Crippen LogP contribution in [0.25, 0.3) is 0 Å². The maximum absolute atomic E-state index is 11.8. The van der Waals surface area contributed by atoms with Crippen molar-refractivity contribution in [2.24, 2.45) is 0 Å². The largest absolute Gasteiger partial charge is 0.347 e. The highest BCUT2D eigenvalue weighted by Gasteiger charge is 2.13. The zero-order valence-corrected chi connectivity index (χ0v) is 13.6. The van der Waals surface area contributed by atoms with Crippen LogP contribution >= 0.6 is 11.3 Å². The highest BCUT2D eigenvalue weighted by atomic mass is 32.1. The fourth-order valence-corrected chi connectivity index (χ4v) is 2.52. The Morgan fingerprint density at radius 3 is 2.50 bits per heavy atom. The molecule has 0 bridgehead atoms. The molecule has 2 N–H and O–H groups in total. The van der Waals surface area contributed by atoms with E-state index in [4.69, 9.17) is 0 Å². The maximum atomic E-state index is 11.8. The van der Waals surface area contributed by atoms with Crippen LogP contribution in [0.2, 0.25) is 0 Å². The topological polar surface area (TPSA) is 84.0 Å². The Hall–Kier alpha value is -2.28. The van der Waals surface area contributed by atoms with Crippen LogP contribution in [0.15, 0.2) is 18.2 Å². The van der Waals surface area contributed by atoms with Crippen molar-refractivity contribution < 1.29 is 9.59 Å². The number of aryl methyl sites for hydroxylation is 3. The van der Waals surface area contributed by atoms with Gasteiger partial charge in [0.05, 0.1) is 0 Å². The first-order valence-electron chi connectivity index (χ1n) is 6.91. The predicted octanol–water partition coefficient (Wildman–Crippen LogP) is 1.76. The smallest absolute Gasteiger partial charge is 0.313 e. The minimum atomic E-state index is -0.670. The molecular formula is C15H18N4O2S. The molecule has 1 aromatic carbocycles. The van der Waals surface area contributed by atoms with E-state index in [1.807, 2.05) is 32.9 Å². The van der Waals surface area contributed by atoms with Gasteiger partial charge < -0.3 is 10.6 Å². The molecular weight excluding hydrogens is 300 g/mol. The molecule has 0 spiro atoms. The van der Waals surface area contributed by atoms with Crippen LogP contribution < -0.4 is 10.6 Å². The molecule has 0 unspecified atom stereocenters. The summed E-state index contributed by atoms with van der Waals surface area (Å²) in [6, 6.07) is 5.52. The van der Waals surface area contributed by atoms with Crippen molar-refractivity contribution in [3.8, 4) is 0 Å². The molecule has 6 nitrogen and oxygen atoms in total. The van der Waals surface area contributed by atoms with Gasteiger partial charge in [-0.05, 0) is 44.0 Å². The molecule has 7 heteroatoms. The highest BCUT2D eigenvalue weighted by Crippen LogP contribution is 2.14. The summed E-state index contributed by atoms with van der Waals surface area (Å²) < 4.78 is 0. The number of carbonyl (C=O) groups is 2. The lowest BCUT2D eigenvalue weighted by Crippen LogP contribution is -2.36. The van der Waals surface area contributed by atoms with Crippen LogP contribution in [0.3, 0.4) is 0 Å². The molecule has 1 aromatic heterocycles. The third-order valence-corrected chi connectivity index (χ3v) is 4.06. The number of nitrogens with zero attached hydrogens (tertiary/aromatic N) is 2. The van der Waals surface area contributed by atoms with Gasteiger partial charge in [-0.1, -0.05) is 6.07 Å². The number of anilines is 1. The second-order valence-corrected chi connectivity index (χ2v) is 6.24. The van der Waals surface area contributed by atoms with Crippen LogP contribution in [0.1, 0.15) is 21.1 Å². The summed E-state index contributed by atoms with van der Waals surface area (Å²) in [5.74, 6) is -1.32. The number of aromatic nitrogens is 2. The molecule has 22 heavy (non-hydrogen) atoms. The van der Waals surface area contributed by atoms with Crippen LogP contribution in [0, 0.1) is 20.8 Å². The molecule has 0 radical (unpaired) electrons. The molecule has 2 rings (SSSR count). The van der Waals surface area contributed by atoms with Gasteiger partial charge in [-0.15, -0.1) is 21.5 Å². The molecule has 116 valence electrons. The van der Waals surface area contributed by atoms with Crippen LogP contribution in [-0.2, 0) is 16.0 Å². The molecule has 2 aromatic rings. The van der Waals surface area contributed by atoms with Crippen molar-refractivity contribution in [3.05, 3.63) is 39.3 Å². The predicted molar refractivity (Wildman–Crippen MR) is 85.9 cm³/mol. The van der Waals surface area contributed by atoms with E-state index < -0.39 is 11.8 Å². The Morgan fingerprint density at radius 2 is 1.86 bits per heavy atom. The van der Waals surface area contributed by atoms with Crippen molar-refractivity contribution in [2.45, 2.75) is 27.2 Å². The fraction of sp³-hybridized carbons (Fsp3) is 0.333. The van der Waals surface area contributed by atoms with E-state index in [9.17, 15) is 9.59 Å². The minimum Gasteiger partial charge on any atom is -0.347 e. The second kappa shape index (κ2) is 7.13. The Balaban J connectivity index is 1.81. The van der Waals surface area contributed by atoms with E-state index in [2.05, 4.69) is 20.8 Å². The van der Waals surface area contributed by atoms with E-state index in [1.165, 1.54) is 11.3 Å². The zero-order chi connectivity index (χ0) is 16.1. The lowest BCUT2D eigenvalue weighted by atomic mass is 10.1. The van der Waals surface area contributed by atoms with E-state index >= 15 is 0 Å². The molecule has 0 atom stereocenters. The van der Waals surface area contributed by atoms with Crippen molar-refractivity contribution in [2.75, 3.05) is 11.9 Å². The number of hydrogen-bond acceptors (Lipinski definition) is 5. The van der Waals surface area contributed by atoms with E-state index in [0.717, 1.165) is 21.1 Å². The molecule has 1 heterocycles. The van der Waals surface area contributed by atoms with Gasteiger partial charge in [-0.2, -0.15) is 0 Å². The molecule has 0 aliphatic heterocycles. The van der Waals surface area contributed by atoms with Gasteiger partial charge in [0, 0.05) is 18.7 Å². The number of rotatable bonds is 4. The molecule has 2 amide bonds. The molecule has 0 saturated heterocycles. The van der Waals surface area contributed by atoms with Crippen molar-refractivity contribution in [1.29, 1.82) is 0 Å². The van der Waals surface area contributed by atoms with Gasteiger partial charge in [0.25, 0.3) is 0 Å². The lowest BCUT2D eigenvalue weighted by Gasteiger charge is -2.07.